The number of carbonyl (C=O) groups is 1. The Kier molecular flexibility index (Phi) is 4.02. The number of nitrogens with zero attached hydrogens (tertiary/aromatic N) is 1. The van der Waals surface area contributed by atoms with Gasteiger partial charge in [-0.1, -0.05) is 24.3 Å². The number of anilines is 1. The van der Waals surface area contributed by atoms with Gasteiger partial charge in [0, 0.05) is 11.3 Å². The number of esters is 1. The first-order chi connectivity index (χ1) is 9.63. The molecule has 2 N–H and O–H groups in total. The van der Waals surface area contributed by atoms with Crippen LogP contribution < -0.4 is 5.73 Å². The average Bonchev–Trinajstić information content (AvgIpc) is 2.48. The van der Waals surface area contributed by atoms with Crippen molar-refractivity contribution in [3.63, 3.8) is 0 Å². The second-order valence-corrected chi connectivity index (χ2v) is 4.36. The number of ether oxygens (including phenoxy) is 1. The summed E-state index contributed by atoms with van der Waals surface area (Å²) in [5, 5.41) is 8.97. The van der Waals surface area contributed by atoms with Crippen LogP contribution in [-0.2, 0) is 11.3 Å². The van der Waals surface area contributed by atoms with Gasteiger partial charge in [-0.15, -0.1) is 0 Å². The molecule has 0 radical (unpaired) electrons. The number of carbonyl (C=O) groups excluding carboxylic acids is 1. The molecule has 0 bridgehead atoms. The van der Waals surface area contributed by atoms with Crippen molar-refractivity contribution in [2.24, 2.45) is 0 Å². The molecule has 0 heterocycles. The lowest BCUT2D eigenvalue weighted by molar-refractivity contribution is 0.0471. The van der Waals surface area contributed by atoms with E-state index < -0.39 is 5.97 Å². The molecule has 100 valence electrons. The number of nitriles is 1. The van der Waals surface area contributed by atoms with Crippen molar-refractivity contribution in [2.75, 3.05) is 5.73 Å². The highest BCUT2D eigenvalue weighted by molar-refractivity contribution is 5.92. The van der Waals surface area contributed by atoms with Crippen LogP contribution in [0.25, 0.3) is 0 Å². The van der Waals surface area contributed by atoms with Gasteiger partial charge in [-0.05, 0) is 30.7 Å². The van der Waals surface area contributed by atoms with Gasteiger partial charge in [0.15, 0.2) is 0 Å². The quantitative estimate of drug-likeness (QED) is 0.684. The number of rotatable bonds is 3. The van der Waals surface area contributed by atoms with Gasteiger partial charge in [-0.2, -0.15) is 5.26 Å². The van der Waals surface area contributed by atoms with E-state index in [2.05, 4.69) is 6.07 Å². The molecule has 2 rings (SSSR count). The summed E-state index contributed by atoms with van der Waals surface area (Å²) in [4.78, 5) is 12.0. The topological polar surface area (TPSA) is 76.1 Å². The molecule has 0 aromatic heterocycles. The van der Waals surface area contributed by atoms with Crippen molar-refractivity contribution in [2.45, 2.75) is 13.5 Å². The maximum absolute atomic E-state index is 12.0. The van der Waals surface area contributed by atoms with Gasteiger partial charge >= 0.3 is 5.97 Å². The molecule has 0 aliphatic carbocycles. The lowest BCUT2D eigenvalue weighted by Gasteiger charge is -2.09. The van der Waals surface area contributed by atoms with E-state index >= 15 is 0 Å². The van der Waals surface area contributed by atoms with Crippen LogP contribution in [0.5, 0.6) is 0 Å². The van der Waals surface area contributed by atoms with Crippen molar-refractivity contribution in [1.82, 2.24) is 0 Å². The van der Waals surface area contributed by atoms with Gasteiger partial charge in [0.1, 0.15) is 6.61 Å². The molecule has 0 atom stereocenters. The number of benzene rings is 2. The number of nitrogens with two attached hydrogens (primary N) is 1. The monoisotopic (exact) mass is 266 g/mol. The Morgan fingerprint density at radius 2 is 2.00 bits per heavy atom. The average molecular weight is 266 g/mol. The van der Waals surface area contributed by atoms with Crippen molar-refractivity contribution in [3.05, 3.63) is 64.7 Å². The summed E-state index contributed by atoms with van der Waals surface area (Å²) in [6.07, 6.45) is 0. The highest BCUT2D eigenvalue weighted by atomic mass is 16.5. The standard InChI is InChI=1S/C16H14N2O2/c1-11-14(7-4-8-15(11)18)16(19)20-10-13-6-3-2-5-12(13)9-17/h2-8H,10,18H2,1H3. The van der Waals surface area contributed by atoms with E-state index in [1.807, 2.05) is 0 Å². The molecular formula is C16H14N2O2. The Morgan fingerprint density at radius 3 is 2.75 bits per heavy atom. The first kappa shape index (κ1) is 13.6. The second kappa shape index (κ2) is 5.89. The Balaban J connectivity index is 2.13. The highest BCUT2D eigenvalue weighted by Crippen LogP contribution is 2.17. The Bertz CT molecular complexity index is 687. The van der Waals surface area contributed by atoms with Gasteiger partial charge < -0.3 is 10.5 Å². The zero-order valence-corrected chi connectivity index (χ0v) is 11.1. The maximum Gasteiger partial charge on any atom is 0.338 e. The predicted molar refractivity (Wildman–Crippen MR) is 75.9 cm³/mol. The largest absolute Gasteiger partial charge is 0.457 e. The van der Waals surface area contributed by atoms with Crippen LogP contribution >= 0.6 is 0 Å². The molecule has 0 amide bonds. The van der Waals surface area contributed by atoms with Crippen LogP contribution in [0, 0.1) is 18.3 Å². The van der Waals surface area contributed by atoms with E-state index in [1.165, 1.54) is 0 Å². The van der Waals surface area contributed by atoms with E-state index in [4.69, 9.17) is 15.7 Å². The van der Waals surface area contributed by atoms with E-state index in [-0.39, 0.29) is 6.61 Å². The molecule has 0 unspecified atom stereocenters. The minimum Gasteiger partial charge on any atom is -0.457 e. The molecule has 0 saturated carbocycles. The summed E-state index contributed by atoms with van der Waals surface area (Å²) in [6.45, 7) is 1.84. The summed E-state index contributed by atoms with van der Waals surface area (Å²) in [5.41, 5.74) is 8.65. The molecular weight excluding hydrogens is 252 g/mol. The summed E-state index contributed by atoms with van der Waals surface area (Å²) in [5.74, 6) is -0.442. The molecule has 0 fully saturated rings. The normalized spacial score (nSPS) is 9.80. The zero-order chi connectivity index (χ0) is 14.5. The van der Waals surface area contributed by atoms with Crippen molar-refractivity contribution < 1.29 is 9.53 Å². The molecule has 2 aromatic carbocycles. The van der Waals surface area contributed by atoms with Crippen LogP contribution in [0.15, 0.2) is 42.5 Å². The highest BCUT2D eigenvalue weighted by Gasteiger charge is 2.12. The Labute approximate surface area is 117 Å². The van der Waals surface area contributed by atoms with Crippen LogP contribution in [-0.4, -0.2) is 5.97 Å². The van der Waals surface area contributed by atoms with E-state index in [1.54, 1.807) is 49.4 Å². The number of hydrogen-bond donors (Lipinski definition) is 1. The molecule has 2 aromatic rings. The Hall–Kier alpha value is -2.80. The van der Waals surface area contributed by atoms with Gasteiger partial charge in [0.2, 0.25) is 0 Å². The molecule has 4 heteroatoms. The maximum atomic E-state index is 12.0. The molecule has 0 saturated heterocycles. The van der Waals surface area contributed by atoms with E-state index in [9.17, 15) is 4.79 Å². The summed E-state index contributed by atoms with van der Waals surface area (Å²) in [6, 6.07) is 14.2. The molecule has 0 aliphatic heterocycles. The summed E-state index contributed by atoms with van der Waals surface area (Å²) < 4.78 is 5.25. The van der Waals surface area contributed by atoms with Gasteiger partial charge in [-0.25, -0.2) is 4.79 Å². The van der Waals surface area contributed by atoms with Gasteiger partial charge in [0.25, 0.3) is 0 Å². The zero-order valence-electron chi connectivity index (χ0n) is 11.1. The fraction of sp³-hybridized carbons (Fsp3) is 0.125. The SMILES string of the molecule is Cc1c(N)cccc1C(=O)OCc1ccccc1C#N. The first-order valence-electron chi connectivity index (χ1n) is 6.13. The van der Waals surface area contributed by atoms with Crippen LogP contribution in [0.1, 0.15) is 27.0 Å². The Morgan fingerprint density at radius 1 is 1.25 bits per heavy atom. The predicted octanol–water partition coefficient (Wildman–Crippen LogP) is 2.81. The van der Waals surface area contributed by atoms with Crippen LogP contribution in [0.3, 0.4) is 0 Å². The molecule has 0 aliphatic rings. The first-order valence-corrected chi connectivity index (χ1v) is 6.13. The third-order valence-corrected chi connectivity index (χ3v) is 3.09. The van der Waals surface area contributed by atoms with Crippen molar-refractivity contribution in [1.29, 1.82) is 5.26 Å². The molecule has 4 nitrogen and oxygen atoms in total. The molecule has 20 heavy (non-hydrogen) atoms. The fourth-order valence-corrected chi connectivity index (χ4v) is 1.85. The van der Waals surface area contributed by atoms with Gasteiger partial charge in [-0.3, -0.25) is 0 Å². The molecule has 0 spiro atoms. The fourth-order valence-electron chi connectivity index (χ4n) is 1.85. The second-order valence-electron chi connectivity index (χ2n) is 4.36. The minimum absolute atomic E-state index is 0.0663. The number of nitrogen functional groups attached to an aromatic ring is 1. The van der Waals surface area contributed by atoms with Crippen LogP contribution in [0.2, 0.25) is 0 Å². The lowest BCUT2D eigenvalue weighted by Crippen LogP contribution is -2.09. The van der Waals surface area contributed by atoms with E-state index in [0.29, 0.717) is 27.9 Å². The van der Waals surface area contributed by atoms with Crippen molar-refractivity contribution >= 4 is 11.7 Å². The minimum atomic E-state index is -0.442. The summed E-state index contributed by atoms with van der Waals surface area (Å²) in [7, 11) is 0. The third-order valence-electron chi connectivity index (χ3n) is 3.09. The van der Waals surface area contributed by atoms with Gasteiger partial charge in [0.05, 0.1) is 17.2 Å². The van der Waals surface area contributed by atoms with Crippen LogP contribution in [0.4, 0.5) is 5.69 Å². The number of hydrogen-bond acceptors (Lipinski definition) is 4. The van der Waals surface area contributed by atoms with E-state index in [0.717, 1.165) is 0 Å². The summed E-state index contributed by atoms with van der Waals surface area (Å²) >= 11 is 0. The lowest BCUT2D eigenvalue weighted by atomic mass is 10.1. The smallest absolute Gasteiger partial charge is 0.338 e. The van der Waals surface area contributed by atoms with Crippen molar-refractivity contribution in [3.8, 4) is 6.07 Å². The third kappa shape index (κ3) is 2.78.